The first-order valence-electron chi connectivity index (χ1n) is 7.22. The first-order valence-corrected chi connectivity index (χ1v) is 7.22. The molecule has 1 aliphatic heterocycles. The van der Waals surface area contributed by atoms with Crippen molar-refractivity contribution in [2.45, 2.75) is 32.7 Å². The van der Waals surface area contributed by atoms with Crippen LogP contribution in [0.3, 0.4) is 0 Å². The number of hydrogen-bond donors (Lipinski definition) is 1. The van der Waals surface area contributed by atoms with Gasteiger partial charge in [0.1, 0.15) is 6.04 Å². The fourth-order valence-corrected chi connectivity index (χ4v) is 2.38. The zero-order chi connectivity index (χ0) is 15.2. The third-order valence-electron chi connectivity index (χ3n) is 3.33. The standard InChI is InChI=1S/C14H20N4O3/c1-3-15-13(19)10-7-8-12(17-16-10)18-9-5-6-11(18)14(20)21-4-2/h7-8,11H,3-6,9H2,1-2H3,(H,15,19). The summed E-state index contributed by atoms with van der Waals surface area (Å²) in [5, 5.41) is 10.7. The Labute approximate surface area is 123 Å². The lowest BCUT2D eigenvalue weighted by atomic mass is 10.2. The lowest BCUT2D eigenvalue weighted by Gasteiger charge is -2.23. The summed E-state index contributed by atoms with van der Waals surface area (Å²) in [7, 11) is 0. The molecule has 0 radical (unpaired) electrons. The maximum absolute atomic E-state index is 11.9. The minimum absolute atomic E-state index is 0.232. The quantitative estimate of drug-likeness (QED) is 0.807. The van der Waals surface area contributed by atoms with Gasteiger partial charge in [0, 0.05) is 13.1 Å². The molecule has 7 nitrogen and oxygen atoms in total. The summed E-state index contributed by atoms with van der Waals surface area (Å²) in [5.41, 5.74) is 0.271. The Bertz CT molecular complexity index is 503. The molecule has 114 valence electrons. The van der Waals surface area contributed by atoms with E-state index in [2.05, 4.69) is 15.5 Å². The van der Waals surface area contributed by atoms with E-state index in [1.165, 1.54) is 0 Å². The molecule has 7 heteroatoms. The van der Waals surface area contributed by atoms with Crippen molar-refractivity contribution in [3.8, 4) is 0 Å². The minimum atomic E-state index is -0.311. The molecule has 21 heavy (non-hydrogen) atoms. The Hall–Kier alpha value is -2.18. The zero-order valence-electron chi connectivity index (χ0n) is 12.3. The number of carbonyl (C=O) groups is 2. The molecule has 1 unspecified atom stereocenters. The summed E-state index contributed by atoms with van der Waals surface area (Å²) in [6.45, 7) is 5.27. The van der Waals surface area contributed by atoms with Crippen LogP contribution in [0.4, 0.5) is 5.82 Å². The maximum Gasteiger partial charge on any atom is 0.328 e. The van der Waals surface area contributed by atoms with Gasteiger partial charge in [-0.25, -0.2) is 4.79 Å². The smallest absolute Gasteiger partial charge is 0.328 e. The minimum Gasteiger partial charge on any atom is -0.464 e. The van der Waals surface area contributed by atoms with Crippen LogP contribution in [-0.2, 0) is 9.53 Å². The molecule has 1 aliphatic rings. The molecule has 1 amide bonds. The van der Waals surface area contributed by atoms with E-state index in [0.29, 0.717) is 19.0 Å². The van der Waals surface area contributed by atoms with E-state index in [9.17, 15) is 9.59 Å². The van der Waals surface area contributed by atoms with Gasteiger partial charge in [-0.3, -0.25) is 4.79 Å². The molecular weight excluding hydrogens is 272 g/mol. The Kier molecular flexibility index (Phi) is 5.08. The summed E-state index contributed by atoms with van der Waals surface area (Å²) in [5.74, 6) is 0.114. The molecule has 1 atom stereocenters. The Morgan fingerprint density at radius 3 is 2.81 bits per heavy atom. The van der Waals surface area contributed by atoms with E-state index < -0.39 is 0 Å². The molecule has 0 saturated carbocycles. The van der Waals surface area contributed by atoms with Crippen molar-refractivity contribution in [3.05, 3.63) is 17.8 Å². The number of nitrogens with one attached hydrogen (secondary N) is 1. The molecular formula is C14H20N4O3. The zero-order valence-corrected chi connectivity index (χ0v) is 12.3. The highest BCUT2D eigenvalue weighted by Crippen LogP contribution is 2.24. The van der Waals surface area contributed by atoms with E-state index in [4.69, 9.17) is 4.74 Å². The molecule has 0 aromatic carbocycles. The molecule has 2 rings (SSSR count). The van der Waals surface area contributed by atoms with Gasteiger partial charge in [0.2, 0.25) is 0 Å². The number of ether oxygens (including phenoxy) is 1. The maximum atomic E-state index is 11.9. The second kappa shape index (κ2) is 7.01. The fourth-order valence-electron chi connectivity index (χ4n) is 2.38. The predicted molar refractivity (Wildman–Crippen MR) is 77.0 cm³/mol. The molecule has 1 N–H and O–H groups in total. The van der Waals surface area contributed by atoms with Crippen molar-refractivity contribution in [2.24, 2.45) is 0 Å². The summed E-state index contributed by atoms with van der Waals surface area (Å²) >= 11 is 0. The number of aromatic nitrogens is 2. The van der Waals surface area contributed by atoms with Gasteiger partial charge in [-0.15, -0.1) is 10.2 Å². The number of anilines is 1. The number of carbonyl (C=O) groups excluding carboxylic acids is 2. The van der Waals surface area contributed by atoms with Gasteiger partial charge in [0.25, 0.3) is 5.91 Å². The monoisotopic (exact) mass is 292 g/mol. The van der Waals surface area contributed by atoms with Gasteiger partial charge < -0.3 is 15.0 Å². The molecule has 0 bridgehead atoms. The highest BCUT2D eigenvalue weighted by molar-refractivity contribution is 5.92. The third kappa shape index (κ3) is 3.48. The van der Waals surface area contributed by atoms with Crippen LogP contribution in [0.1, 0.15) is 37.2 Å². The van der Waals surface area contributed by atoms with Crippen LogP contribution in [0.5, 0.6) is 0 Å². The van der Waals surface area contributed by atoms with Gasteiger partial charge in [0.05, 0.1) is 6.61 Å². The van der Waals surface area contributed by atoms with Crippen LogP contribution < -0.4 is 10.2 Å². The summed E-state index contributed by atoms with van der Waals surface area (Å²) in [6.07, 6.45) is 1.65. The Morgan fingerprint density at radius 1 is 1.38 bits per heavy atom. The third-order valence-corrected chi connectivity index (χ3v) is 3.33. The molecule has 1 aromatic heterocycles. The van der Waals surface area contributed by atoms with Gasteiger partial charge in [0.15, 0.2) is 11.5 Å². The van der Waals surface area contributed by atoms with Crippen LogP contribution in [0, 0.1) is 0 Å². The van der Waals surface area contributed by atoms with E-state index in [1.54, 1.807) is 19.1 Å². The topological polar surface area (TPSA) is 84.4 Å². The average molecular weight is 292 g/mol. The summed E-state index contributed by atoms with van der Waals surface area (Å²) in [4.78, 5) is 25.4. The van der Waals surface area contributed by atoms with Crippen LogP contribution in [0.2, 0.25) is 0 Å². The van der Waals surface area contributed by atoms with Gasteiger partial charge in [-0.1, -0.05) is 0 Å². The van der Waals surface area contributed by atoms with E-state index in [0.717, 1.165) is 19.4 Å². The largest absolute Gasteiger partial charge is 0.464 e. The number of hydrogen-bond acceptors (Lipinski definition) is 6. The lowest BCUT2D eigenvalue weighted by molar-refractivity contribution is -0.144. The number of nitrogens with zero attached hydrogens (tertiary/aromatic N) is 3. The highest BCUT2D eigenvalue weighted by Gasteiger charge is 2.33. The first-order chi connectivity index (χ1) is 10.2. The van der Waals surface area contributed by atoms with E-state index >= 15 is 0 Å². The second-order valence-corrected chi connectivity index (χ2v) is 4.74. The average Bonchev–Trinajstić information content (AvgIpc) is 2.97. The molecule has 1 fully saturated rings. The molecule has 2 heterocycles. The van der Waals surface area contributed by atoms with Crippen molar-refractivity contribution >= 4 is 17.7 Å². The van der Waals surface area contributed by atoms with E-state index in [1.807, 2.05) is 11.8 Å². The number of esters is 1. The van der Waals surface area contributed by atoms with Gasteiger partial charge >= 0.3 is 5.97 Å². The Morgan fingerprint density at radius 2 is 2.19 bits per heavy atom. The van der Waals surface area contributed by atoms with Crippen molar-refractivity contribution < 1.29 is 14.3 Å². The van der Waals surface area contributed by atoms with Crippen LogP contribution in [-0.4, -0.2) is 47.8 Å². The normalized spacial score (nSPS) is 17.6. The van der Waals surface area contributed by atoms with Crippen molar-refractivity contribution in [1.29, 1.82) is 0 Å². The van der Waals surface area contributed by atoms with Crippen molar-refractivity contribution in [2.75, 3.05) is 24.6 Å². The predicted octanol–water partition coefficient (Wildman–Crippen LogP) is 0.758. The van der Waals surface area contributed by atoms with Crippen molar-refractivity contribution in [1.82, 2.24) is 15.5 Å². The van der Waals surface area contributed by atoms with Crippen LogP contribution in [0.15, 0.2) is 12.1 Å². The van der Waals surface area contributed by atoms with Crippen molar-refractivity contribution in [3.63, 3.8) is 0 Å². The van der Waals surface area contributed by atoms with Gasteiger partial charge in [-0.05, 0) is 38.8 Å². The van der Waals surface area contributed by atoms with Crippen LogP contribution >= 0.6 is 0 Å². The number of amides is 1. The fraction of sp³-hybridized carbons (Fsp3) is 0.571. The second-order valence-electron chi connectivity index (χ2n) is 4.74. The molecule has 1 saturated heterocycles. The van der Waals surface area contributed by atoms with Crippen LogP contribution in [0.25, 0.3) is 0 Å². The number of rotatable bonds is 5. The Balaban J connectivity index is 2.10. The summed E-state index contributed by atoms with van der Waals surface area (Å²) < 4.78 is 5.08. The lowest BCUT2D eigenvalue weighted by Crippen LogP contribution is -2.38. The highest BCUT2D eigenvalue weighted by atomic mass is 16.5. The van der Waals surface area contributed by atoms with Gasteiger partial charge in [-0.2, -0.15) is 0 Å². The molecule has 0 aliphatic carbocycles. The first kappa shape index (κ1) is 15.2. The summed E-state index contributed by atoms with van der Waals surface area (Å²) in [6, 6.07) is 3.03. The SMILES string of the molecule is CCNC(=O)c1ccc(N2CCCC2C(=O)OCC)nn1. The molecule has 1 aromatic rings. The van der Waals surface area contributed by atoms with E-state index in [-0.39, 0.29) is 23.6 Å². The molecule has 0 spiro atoms.